The lowest BCUT2D eigenvalue weighted by molar-refractivity contribution is -0.113. The van der Waals surface area contributed by atoms with Gasteiger partial charge in [0, 0.05) is 5.02 Å². The average Bonchev–Trinajstić information content (AvgIpc) is 2.39. The predicted molar refractivity (Wildman–Crippen MR) is 89.5 cm³/mol. The molecule has 0 saturated heterocycles. The van der Waals surface area contributed by atoms with E-state index in [9.17, 15) is 4.79 Å². The number of halogens is 3. The zero-order valence-electron chi connectivity index (χ0n) is 10.8. The van der Waals surface area contributed by atoms with Crippen molar-refractivity contribution >= 4 is 70.1 Å². The second kappa shape index (κ2) is 7.19. The van der Waals surface area contributed by atoms with Crippen LogP contribution in [0.1, 0.15) is 0 Å². The van der Waals surface area contributed by atoms with E-state index in [4.69, 9.17) is 46.3 Å². The smallest absolute Gasteiger partial charge is 0.234 e. The molecule has 7 nitrogen and oxygen atoms in total. The van der Waals surface area contributed by atoms with E-state index in [0.29, 0.717) is 5.02 Å². The number of hydrogen-bond acceptors (Lipinski definition) is 7. The largest absolute Gasteiger partial charge is 0.368 e. The summed E-state index contributed by atoms with van der Waals surface area (Å²) in [5.41, 5.74) is 11.2. The van der Waals surface area contributed by atoms with E-state index in [1.165, 1.54) is 12.1 Å². The number of carbonyl (C=O) groups excluding carboxylic acids is 1. The number of nitrogens with two attached hydrogens (primary N) is 2. The summed E-state index contributed by atoms with van der Waals surface area (Å²) in [5, 5.41) is 3.69. The van der Waals surface area contributed by atoms with Gasteiger partial charge in [0.25, 0.3) is 0 Å². The molecule has 0 aliphatic heterocycles. The zero-order chi connectivity index (χ0) is 16.3. The molecular formula is C11H9Cl3N6OS. The van der Waals surface area contributed by atoms with E-state index in [1.54, 1.807) is 0 Å². The maximum atomic E-state index is 11.9. The zero-order valence-corrected chi connectivity index (χ0v) is 13.9. The maximum Gasteiger partial charge on any atom is 0.234 e. The molecule has 0 atom stereocenters. The first-order valence-corrected chi connectivity index (χ1v) is 7.81. The molecule has 0 saturated carbocycles. The Labute approximate surface area is 144 Å². The second-order valence-electron chi connectivity index (χ2n) is 3.92. The number of nitrogens with one attached hydrogen (secondary N) is 1. The molecule has 5 N–H and O–H groups in total. The van der Waals surface area contributed by atoms with Crippen molar-refractivity contribution in [1.29, 1.82) is 0 Å². The predicted octanol–water partition coefficient (Wildman–Crippen LogP) is 2.73. The van der Waals surface area contributed by atoms with Crippen molar-refractivity contribution in [3.05, 3.63) is 27.2 Å². The fraction of sp³-hybridized carbons (Fsp3) is 0.0909. The number of aromatic nitrogens is 3. The van der Waals surface area contributed by atoms with Gasteiger partial charge in [0.15, 0.2) is 5.16 Å². The van der Waals surface area contributed by atoms with Crippen LogP contribution in [0.5, 0.6) is 0 Å². The number of anilines is 3. The number of nitrogen functional groups attached to an aromatic ring is 2. The molecule has 0 radical (unpaired) electrons. The molecule has 0 unspecified atom stereocenters. The summed E-state index contributed by atoms with van der Waals surface area (Å²) in [7, 11) is 0. The minimum Gasteiger partial charge on any atom is -0.368 e. The average molecular weight is 380 g/mol. The quantitative estimate of drug-likeness (QED) is 0.698. The monoisotopic (exact) mass is 378 g/mol. The van der Waals surface area contributed by atoms with Gasteiger partial charge in [-0.05, 0) is 12.1 Å². The van der Waals surface area contributed by atoms with Gasteiger partial charge in [-0.2, -0.15) is 15.0 Å². The lowest BCUT2D eigenvalue weighted by Crippen LogP contribution is -2.15. The molecule has 0 bridgehead atoms. The molecule has 0 aliphatic carbocycles. The summed E-state index contributed by atoms with van der Waals surface area (Å²) >= 11 is 18.8. The van der Waals surface area contributed by atoms with Crippen molar-refractivity contribution in [1.82, 2.24) is 15.0 Å². The molecule has 0 fully saturated rings. The summed E-state index contributed by atoms with van der Waals surface area (Å²) in [6.07, 6.45) is 0. The number of hydrogen-bond donors (Lipinski definition) is 3. The standard InChI is InChI=1S/C11H9Cl3N6OS/c12-4-1-5(13)8(6(14)2-4)17-7(21)3-22-11-19-9(15)18-10(16)20-11/h1-2H,3H2,(H,17,21)(H4,15,16,18,19,20). The van der Waals surface area contributed by atoms with Crippen LogP contribution in [-0.4, -0.2) is 26.6 Å². The molecule has 1 amide bonds. The van der Waals surface area contributed by atoms with Crippen molar-refractivity contribution in [3.8, 4) is 0 Å². The van der Waals surface area contributed by atoms with Crippen molar-refractivity contribution in [2.75, 3.05) is 22.5 Å². The first-order chi connectivity index (χ1) is 10.3. The van der Waals surface area contributed by atoms with Crippen LogP contribution in [0.3, 0.4) is 0 Å². The topological polar surface area (TPSA) is 120 Å². The van der Waals surface area contributed by atoms with Crippen LogP contribution in [0, 0.1) is 0 Å². The molecule has 2 aromatic rings. The van der Waals surface area contributed by atoms with E-state index in [0.717, 1.165) is 11.8 Å². The highest BCUT2D eigenvalue weighted by atomic mass is 35.5. The lowest BCUT2D eigenvalue weighted by atomic mass is 10.3. The molecule has 116 valence electrons. The van der Waals surface area contributed by atoms with Gasteiger partial charge in [-0.1, -0.05) is 46.6 Å². The normalized spacial score (nSPS) is 10.5. The number of rotatable bonds is 4. The van der Waals surface area contributed by atoms with Gasteiger partial charge < -0.3 is 16.8 Å². The molecule has 22 heavy (non-hydrogen) atoms. The molecule has 1 aromatic carbocycles. The number of thioether (sulfide) groups is 1. The molecule has 0 aliphatic rings. The van der Waals surface area contributed by atoms with Gasteiger partial charge >= 0.3 is 0 Å². The van der Waals surface area contributed by atoms with Gasteiger partial charge in [-0.15, -0.1) is 0 Å². The maximum absolute atomic E-state index is 11.9. The first kappa shape index (κ1) is 16.9. The van der Waals surface area contributed by atoms with E-state index in [1.807, 2.05) is 0 Å². The van der Waals surface area contributed by atoms with Crippen LogP contribution in [0.4, 0.5) is 17.6 Å². The Hall–Kier alpha value is -1.48. The molecule has 1 heterocycles. The van der Waals surface area contributed by atoms with E-state index < -0.39 is 0 Å². The van der Waals surface area contributed by atoms with Gasteiger partial charge in [0.1, 0.15) is 0 Å². The van der Waals surface area contributed by atoms with Crippen LogP contribution in [-0.2, 0) is 4.79 Å². The van der Waals surface area contributed by atoms with Gasteiger partial charge in [-0.25, -0.2) is 0 Å². The summed E-state index contributed by atoms with van der Waals surface area (Å²) in [5.74, 6) is -0.370. The Bertz CT molecular complexity index is 686. The van der Waals surface area contributed by atoms with Crippen molar-refractivity contribution < 1.29 is 4.79 Å². The Balaban J connectivity index is 2.02. The van der Waals surface area contributed by atoms with Crippen LogP contribution in [0.15, 0.2) is 17.3 Å². The summed E-state index contributed by atoms with van der Waals surface area (Å²) in [6.45, 7) is 0. The lowest BCUT2D eigenvalue weighted by Gasteiger charge is -2.09. The third-order valence-corrected chi connectivity index (χ3v) is 3.91. The molecular weight excluding hydrogens is 371 g/mol. The van der Waals surface area contributed by atoms with E-state index in [-0.39, 0.29) is 44.4 Å². The van der Waals surface area contributed by atoms with Gasteiger partial charge in [0.2, 0.25) is 17.8 Å². The first-order valence-electron chi connectivity index (χ1n) is 5.69. The number of benzene rings is 1. The SMILES string of the molecule is Nc1nc(N)nc(SCC(=O)Nc2c(Cl)cc(Cl)cc2Cl)n1. The highest BCUT2D eigenvalue weighted by molar-refractivity contribution is 7.99. The Morgan fingerprint density at radius 1 is 1.09 bits per heavy atom. The van der Waals surface area contributed by atoms with E-state index >= 15 is 0 Å². The summed E-state index contributed by atoms with van der Waals surface area (Å²) < 4.78 is 0. The van der Waals surface area contributed by atoms with Crippen molar-refractivity contribution in [2.45, 2.75) is 5.16 Å². The fourth-order valence-electron chi connectivity index (χ4n) is 1.42. The van der Waals surface area contributed by atoms with Crippen LogP contribution in [0.25, 0.3) is 0 Å². The Morgan fingerprint density at radius 2 is 1.64 bits per heavy atom. The number of nitrogens with zero attached hydrogens (tertiary/aromatic N) is 3. The Kier molecular flexibility index (Phi) is 5.52. The number of amides is 1. The fourth-order valence-corrected chi connectivity index (χ4v) is 2.98. The molecule has 0 spiro atoms. The summed E-state index contributed by atoms with van der Waals surface area (Å²) in [4.78, 5) is 23.3. The van der Waals surface area contributed by atoms with Crippen LogP contribution in [0.2, 0.25) is 15.1 Å². The van der Waals surface area contributed by atoms with Gasteiger partial charge in [-0.3, -0.25) is 4.79 Å². The van der Waals surface area contributed by atoms with Gasteiger partial charge in [0.05, 0.1) is 21.5 Å². The molecule has 11 heteroatoms. The molecule has 1 aromatic heterocycles. The highest BCUT2D eigenvalue weighted by Crippen LogP contribution is 2.33. The van der Waals surface area contributed by atoms with Crippen LogP contribution < -0.4 is 16.8 Å². The second-order valence-corrected chi connectivity index (χ2v) is 6.11. The highest BCUT2D eigenvalue weighted by Gasteiger charge is 2.12. The minimum atomic E-state index is -0.353. The minimum absolute atomic E-state index is 0.0121. The summed E-state index contributed by atoms with van der Waals surface area (Å²) in [6, 6.07) is 2.95. The van der Waals surface area contributed by atoms with Crippen molar-refractivity contribution in [3.63, 3.8) is 0 Å². The Morgan fingerprint density at radius 3 is 2.18 bits per heavy atom. The van der Waals surface area contributed by atoms with E-state index in [2.05, 4.69) is 20.3 Å². The third-order valence-electron chi connectivity index (χ3n) is 2.25. The molecule has 2 rings (SSSR count). The van der Waals surface area contributed by atoms with Crippen LogP contribution >= 0.6 is 46.6 Å². The number of carbonyl (C=O) groups is 1. The third kappa shape index (κ3) is 4.51. The van der Waals surface area contributed by atoms with Crippen molar-refractivity contribution in [2.24, 2.45) is 0 Å².